The van der Waals surface area contributed by atoms with Gasteiger partial charge in [0.2, 0.25) is 0 Å². The van der Waals surface area contributed by atoms with Gasteiger partial charge in [0.1, 0.15) is 11.3 Å². The van der Waals surface area contributed by atoms with Gasteiger partial charge in [-0.3, -0.25) is 4.79 Å². The number of hydrogen-bond donors (Lipinski definition) is 1. The maximum absolute atomic E-state index is 12.2. The SMILES string of the molecule is CCOc1ccc(/C=N\NC(=O)c2cc3cc(Br)cc(I)c3o2)cc1. The van der Waals surface area contributed by atoms with E-state index in [1.165, 1.54) is 0 Å². The van der Waals surface area contributed by atoms with E-state index in [0.717, 1.165) is 24.7 Å². The molecule has 1 aromatic heterocycles. The lowest BCUT2D eigenvalue weighted by Crippen LogP contribution is -2.16. The first-order chi connectivity index (χ1) is 12.1. The minimum Gasteiger partial charge on any atom is -0.494 e. The van der Waals surface area contributed by atoms with Gasteiger partial charge in [-0.2, -0.15) is 5.10 Å². The van der Waals surface area contributed by atoms with E-state index >= 15 is 0 Å². The van der Waals surface area contributed by atoms with Crippen LogP contribution in [0.1, 0.15) is 23.0 Å². The van der Waals surface area contributed by atoms with Crippen LogP contribution in [0.2, 0.25) is 0 Å². The number of amides is 1. The number of fused-ring (bicyclic) bond motifs is 1. The molecule has 0 aliphatic carbocycles. The number of nitrogens with zero attached hydrogens (tertiary/aromatic N) is 1. The summed E-state index contributed by atoms with van der Waals surface area (Å²) in [6, 6.07) is 13.0. The topological polar surface area (TPSA) is 63.8 Å². The molecule has 1 heterocycles. The second-order valence-electron chi connectivity index (χ2n) is 5.12. The van der Waals surface area contributed by atoms with Crippen molar-refractivity contribution in [3.8, 4) is 5.75 Å². The second kappa shape index (κ2) is 8.01. The molecule has 3 rings (SSSR count). The van der Waals surface area contributed by atoms with E-state index in [-0.39, 0.29) is 5.76 Å². The van der Waals surface area contributed by atoms with Gasteiger partial charge in [-0.25, -0.2) is 5.43 Å². The zero-order valence-corrected chi connectivity index (χ0v) is 17.0. The Hall–Kier alpha value is -1.87. The Kier molecular flexibility index (Phi) is 5.74. The first-order valence-electron chi connectivity index (χ1n) is 7.51. The standard InChI is InChI=1S/C18H14BrIN2O3/c1-2-24-14-5-3-11(4-6-14)10-21-22-18(23)16-8-12-7-13(19)9-15(20)17(12)25-16/h3-10H,2H2,1H3,(H,22,23)/b21-10-. The predicted octanol–water partition coefficient (Wildman–Crippen LogP) is 4.96. The molecule has 25 heavy (non-hydrogen) atoms. The van der Waals surface area contributed by atoms with E-state index < -0.39 is 5.91 Å². The van der Waals surface area contributed by atoms with E-state index in [4.69, 9.17) is 9.15 Å². The molecule has 0 bridgehead atoms. The molecule has 0 atom stereocenters. The summed E-state index contributed by atoms with van der Waals surface area (Å²) in [6.45, 7) is 2.55. The first kappa shape index (κ1) is 17.9. The number of ether oxygens (including phenoxy) is 1. The van der Waals surface area contributed by atoms with E-state index in [0.29, 0.717) is 12.2 Å². The summed E-state index contributed by atoms with van der Waals surface area (Å²) in [7, 11) is 0. The van der Waals surface area contributed by atoms with Crippen molar-refractivity contribution in [3.05, 3.63) is 61.8 Å². The van der Waals surface area contributed by atoms with Crippen LogP contribution in [-0.4, -0.2) is 18.7 Å². The van der Waals surface area contributed by atoms with E-state index in [1.807, 2.05) is 43.3 Å². The van der Waals surface area contributed by atoms with E-state index in [1.54, 1.807) is 12.3 Å². The fraction of sp³-hybridized carbons (Fsp3) is 0.111. The minimum absolute atomic E-state index is 0.217. The van der Waals surface area contributed by atoms with Crippen molar-refractivity contribution in [1.82, 2.24) is 5.43 Å². The highest BCUT2D eigenvalue weighted by Gasteiger charge is 2.14. The number of rotatable bonds is 5. The van der Waals surface area contributed by atoms with Gasteiger partial charge in [0.25, 0.3) is 0 Å². The lowest BCUT2D eigenvalue weighted by Gasteiger charge is -2.02. The second-order valence-corrected chi connectivity index (χ2v) is 7.20. The number of hydrazone groups is 1. The highest BCUT2D eigenvalue weighted by molar-refractivity contribution is 14.1. The van der Waals surface area contributed by atoms with Crippen LogP contribution >= 0.6 is 38.5 Å². The fourth-order valence-electron chi connectivity index (χ4n) is 2.23. The number of carbonyl (C=O) groups is 1. The van der Waals surface area contributed by atoms with Crippen LogP contribution in [0.5, 0.6) is 5.75 Å². The summed E-state index contributed by atoms with van der Waals surface area (Å²) in [5.74, 6) is 0.617. The van der Waals surface area contributed by atoms with Crippen molar-refractivity contribution in [2.24, 2.45) is 5.10 Å². The van der Waals surface area contributed by atoms with Crippen LogP contribution in [0.15, 0.2) is 56.5 Å². The zero-order valence-electron chi connectivity index (χ0n) is 13.3. The monoisotopic (exact) mass is 512 g/mol. The Balaban J connectivity index is 1.69. The van der Waals surface area contributed by atoms with Crippen molar-refractivity contribution in [1.29, 1.82) is 0 Å². The molecule has 5 nitrogen and oxygen atoms in total. The molecule has 0 unspecified atom stereocenters. The summed E-state index contributed by atoms with van der Waals surface area (Å²) in [4.78, 5) is 12.2. The van der Waals surface area contributed by atoms with Gasteiger partial charge >= 0.3 is 5.91 Å². The lowest BCUT2D eigenvalue weighted by molar-refractivity contribution is 0.0929. The Morgan fingerprint density at radius 1 is 1.32 bits per heavy atom. The minimum atomic E-state index is -0.398. The molecule has 0 aliphatic heterocycles. The molecule has 2 aromatic carbocycles. The van der Waals surface area contributed by atoms with Gasteiger partial charge in [-0.05, 0) is 77.5 Å². The molecule has 0 saturated carbocycles. The van der Waals surface area contributed by atoms with Gasteiger partial charge < -0.3 is 9.15 Å². The lowest BCUT2D eigenvalue weighted by atomic mass is 10.2. The maximum Gasteiger partial charge on any atom is 0.307 e. The Morgan fingerprint density at radius 3 is 2.80 bits per heavy atom. The number of furan rings is 1. The average molecular weight is 513 g/mol. The summed E-state index contributed by atoms with van der Waals surface area (Å²) in [5, 5.41) is 4.83. The maximum atomic E-state index is 12.2. The molecule has 0 fully saturated rings. The highest BCUT2D eigenvalue weighted by atomic mass is 127. The van der Waals surface area contributed by atoms with Crippen molar-refractivity contribution in [2.45, 2.75) is 6.92 Å². The third kappa shape index (κ3) is 4.40. The molecule has 7 heteroatoms. The third-order valence-electron chi connectivity index (χ3n) is 3.33. The molecule has 0 aliphatic rings. The first-order valence-corrected chi connectivity index (χ1v) is 9.39. The molecule has 1 N–H and O–H groups in total. The van der Waals surface area contributed by atoms with Crippen molar-refractivity contribution >= 4 is 61.6 Å². The van der Waals surface area contributed by atoms with Gasteiger partial charge in [-0.1, -0.05) is 15.9 Å². The summed E-state index contributed by atoms with van der Waals surface area (Å²) in [5.41, 5.74) is 4.01. The number of carbonyl (C=O) groups excluding carboxylic acids is 1. The largest absolute Gasteiger partial charge is 0.494 e. The molecular formula is C18H14BrIN2O3. The zero-order chi connectivity index (χ0) is 17.8. The Labute approximate surface area is 166 Å². The smallest absolute Gasteiger partial charge is 0.307 e. The van der Waals surface area contributed by atoms with Crippen molar-refractivity contribution in [3.63, 3.8) is 0 Å². The fourth-order valence-corrected chi connectivity index (χ4v) is 3.89. The van der Waals surface area contributed by atoms with Crippen molar-refractivity contribution < 1.29 is 13.9 Å². The molecule has 0 spiro atoms. The Bertz CT molecular complexity index is 935. The van der Waals surface area contributed by atoms with E-state index in [2.05, 4.69) is 49.0 Å². The third-order valence-corrected chi connectivity index (χ3v) is 4.59. The van der Waals surface area contributed by atoms with Gasteiger partial charge in [-0.15, -0.1) is 0 Å². The molecule has 3 aromatic rings. The van der Waals surface area contributed by atoms with Crippen molar-refractivity contribution in [2.75, 3.05) is 6.61 Å². The number of halogens is 2. The molecule has 0 saturated heterocycles. The molecular weight excluding hydrogens is 499 g/mol. The van der Waals surface area contributed by atoms with Gasteiger partial charge in [0, 0.05) is 9.86 Å². The Morgan fingerprint density at radius 2 is 2.08 bits per heavy atom. The van der Waals surface area contributed by atoms with Crippen LogP contribution in [0.3, 0.4) is 0 Å². The van der Waals surface area contributed by atoms with Gasteiger partial charge in [0.15, 0.2) is 5.76 Å². The van der Waals surface area contributed by atoms with E-state index in [9.17, 15) is 4.79 Å². The van der Waals surface area contributed by atoms with Crippen LogP contribution in [0.25, 0.3) is 11.0 Å². The van der Waals surface area contributed by atoms with Crippen LogP contribution in [0.4, 0.5) is 0 Å². The van der Waals surface area contributed by atoms with Crippen LogP contribution < -0.4 is 10.2 Å². The molecule has 128 valence electrons. The number of nitrogens with one attached hydrogen (secondary N) is 1. The van der Waals surface area contributed by atoms with Gasteiger partial charge in [0.05, 0.1) is 16.4 Å². The number of benzene rings is 2. The highest BCUT2D eigenvalue weighted by Crippen LogP contribution is 2.28. The summed E-state index contributed by atoms with van der Waals surface area (Å²) >= 11 is 5.60. The van der Waals surface area contributed by atoms with Crippen LogP contribution in [-0.2, 0) is 0 Å². The summed E-state index contributed by atoms with van der Waals surface area (Å²) in [6.07, 6.45) is 1.57. The molecule has 1 amide bonds. The number of hydrogen-bond acceptors (Lipinski definition) is 4. The average Bonchev–Trinajstić information content (AvgIpc) is 3.01. The summed E-state index contributed by atoms with van der Waals surface area (Å²) < 4.78 is 12.9. The van der Waals surface area contributed by atoms with Crippen LogP contribution in [0, 0.1) is 3.57 Å². The predicted molar refractivity (Wildman–Crippen MR) is 109 cm³/mol. The molecule has 0 radical (unpaired) electrons. The quantitative estimate of drug-likeness (QED) is 0.298. The normalized spacial score (nSPS) is 11.2.